The molecule has 0 radical (unpaired) electrons. The van der Waals surface area contributed by atoms with E-state index in [1.54, 1.807) is 23.1 Å². The van der Waals surface area contributed by atoms with Crippen LogP contribution in [0.5, 0.6) is 0 Å². The van der Waals surface area contributed by atoms with E-state index in [1.165, 1.54) is 22.5 Å². The van der Waals surface area contributed by atoms with Crippen LogP contribution in [0, 0.1) is 0 Å². The highest BCUT2D eigenvalue weighted by Crippen LogP contribution is 2.29. The summed E-state index contributed by atoms with van der Waals surface area (Å²) >= 11 is 0. The van der Waals surface area contributed by atoms with Gasteiger partial charge in [0.15, 0.2) is 0 Å². The molecule has 2 amide bonds. The number of nitrogens with one attached hydrogen (secondary N) is 1. The Morgan fingerprint density at radius 1 is 1.00 bits per heavy atom. The zero-order chi connectivity index (χ0) is 24.8. The lowest BCUT2D eigenvalue weighted by Crippen LogP contribution is -2.42. The van der Waals surface area contributed by atoms with Gasteiger partial charge in [0.05, 0.1) is 10.5 Å². The Hall–Kier alpha value is -2.19. The molecule has 0 unspecified atom stereocenters. The fourth-order valence-electron chi connectivity index (χ4n) is 3.54. The van der Waals surface area contributed by atoms with Crippen LogP contribution in [0.2, 0.25) is 0 Å². The second-order valence-corrected chi connectivity index (χ2v) is 9.92. The van der Waals surface area contributed by atoms with Crippen molar-refractivity contribution in [3.63, 3.8) is 0 Å². The minimum Gasteiger partial charge on any atom is -0.355 e. The van der Waals surface area contributed by atoms with Gasteiger partial charge in [-0.15, -0.1) is 24.0 Å². The first-order chi connectivity index (χ1) is 16.1. The minimum absolute atomic E-state index is 0. The monoisotopic (exact) mass is 627 g/mol. The fourth-order valence-corrected chi connectivity index (χ4v) is 5.10. The largest absolute Gasteiger partial charge is 0.416 e. The highest BCUT2D eigenvalue weighted by Gasteiger charge is 2.31. The van der Waals surface area contributed by atoms with Gasteiger partial charge in [-0.05, 0) is 55.2 Å². The van der Waals surface area contributed by atoms with E-state index in [4.69, 9.17) is 0 Å². The number of sulfonamides is 1. The van der Waals surface area contributed by atoms with Crippen LogP contribution in [0.1, 0.15) is 42.2 Å². The van der Waals surface area contributed by atoms with E-state index in [9.17, 15) is 31.2 Å². The molecule has 2 fully saturated rings. The van der Waals surface area contributed by atoms with Crippen LogP contribution in [0.4, 0.5) is 13.2 Å². The average Bonchev–Trinajstić information content (AvgIpc) is 3.31. The molecular weight excluding hydrogens is 598 g/mol. The smallest absolute Gasteiger partial charge is 0.355 e. The highest BCUT2D eigenvalue weighted by atomic mass is 127. The Morgan fingerprint density at radius 3 is 2.14 bits per heavy atom. The standard InChI is InChI=1S/C14H18N2O3S.C9H8F3NO.HI.H2/c17-14(15-7-1-2-8-15)12-5-3-6-13(11-12)20(18,19)16-9-4-10-16;10-9(11,12)8-3-1-7(2-4-8)5-13-6-14;;/h3,5-6,11H,1-2,4,7-10H2;1-4,6H,5H2,(H,13,14);2*1H. The number of amides is 2. The van der Waals surface area contributed by atoms with Crippen molar-refractivity contribution in [2.45, 2.75) is 36.9 Å². The number of nitrogens with zero attached hydrogens (tertiary/aromatic N) is 2. The third-order valence-corrected chi connectivity index (χ3v) is 7.49. The Kier molecular flexibility index (Phi) is 10.5. The number of rotatable bonds is 6. The topological polar surface area (TPSA) is 86.8 Å². The fraction of sp³-hybridized carbons (Fsp3) is 0.391. The Labute approximate surface area is 221 Å². The molecule has 2 saturated heterocycles. The van der Waals surface area contributed by atoms with Crippen molar-refractivity contribution in [3.05, 3.63) is 65.2 Å². The summed E-state index contributed by atoms with van der Waals surface area (Å²) in [7, 11) is -3.42. The van der Waals surface area contributed by atoms with E-state index in [0.717, 1.165) is 44.5 Å². The van der Waals surface area contributed by atoms with Crippen LogP contribution < -0.4 is 5.32 Å². The first kappa shape index (κ1) is 29.0. The molecular formula is C23H29F3IN3O4S. The molecule has 4 rings (SSSR count). The lowest BCUT2D eigenvalue weighted by atomic mass is 10.1. The normalized spacial score (nSPS) is 15.8. The van der Waals surface area contributed by atoms with Crippen LogP contribution in [0.25, 0.3) is 0 Å². The van der Waals surface area contributed by atoms with Gasteiger partial charge < -0.3 is 10.2 Å². The minimum atomic E-state index is -4.31. The van der Waals surface area contributed by atoms with Crippen molar-refractivity contribution < 1.29 is 32.6 Å². The van der Waals surface area contributed by atoms with Gasteiger partial charge in [-0.25, -0.2) is 8.42 Å². The molecule has 12 heteroatoms. The number of carbonyl (C=O) groups is 2. The summed E-state index contributed by atoms with van der Waals surface area (Å²) in [5.74, 6) is -0.0665. The maximum Gasteiger partial charge on any atom is 0.416 e. The molecule has 2 aliphatic heterocycles. The first-order valence-corrected chi connectivity index (χ1v) is 12.3. The number of alkyl halides is 3. The SMILES string of the molecule is I.O=C(c1cccc(S(=O)(=O)N2CCC2)c1)N1CCCC1.O=CNCc1ccc(C(F)(F)F)cc1.[HH]. The number of hydrogen-bond donors (Lipinski definition) is 1. The lowest BCUT2D eigenvalue weighted by molar-refractivity contribution is -0.137. The predicted molar refractivity (Wildman–Crippen MR) is 137 cm³/mol. The summed E-state index contributed by atoms with van der Waals surface area (Å²) in [6.07, 6.45) is -0.852. The van der Waals surface area contributed by atoms with Crippen LogP contribution in [-0.2, 0) is 27.5 Å². The Balaban J connectivity index is 0.000000362. The van der Waals surface area contributed by atoms with Crippen LogP contribution in [0.15, 0.2) is 53.4 Å². The third kappa shape index (κ3) is 7.64. The first-order valence-electron chi connectivity index (χ1n) is 10.9. The van der Waals surface area contributed by atoms with E-state index in [0.29, 0.717) is 30.6 Å². The molecule has 0 saturated carbocycles. The molecule has 2 heterocycles. The molecule has 2 aromatic rings. The van der Waals surface area contributed by atoms with Gasteiger partial charge in [-0.3, -0.25) is 9.59 Å². The summed E-state index contributed by atoms with van der Waals surface area (Å²) in [4.78, 5) is 24.2. The van der Waals surface area contributed by atoms with Gasteiger partial charge in [-0.2, -0.15) is 17.5 Å². The van der Waals surface area contributed by atoms with Gasteiger partial charge in [0, 0.05) is 39.7 Å². The third-order valence-electron chi connectivity index (χ3n) is 5.60. The number of hydrogen-bond acceptors (Lipinski definition) is 4. The quantitative estimate of drug-likeness (QED) is 0.386. The van der Waals surface area contributed by atoms with E-state index < -0.39 is 21.8 Å². The number of benzene rings is 2. The summed E-state index contributed by atoms with van der Waals surface area (Å²) in [5, 5.41) is 2.36. The van der Waals surface area contributed by atoms with E-state index >= 15 is 0 Å². The van der Waals surface area contributed by atoms with Gasteiger partial charge in [0.1, 0.15) is 0 Å². The van der Waals surface area contributed by atoms with E-state index in [1.807, 2.05) is 0 Å². The molecule has 1 N–H and O–H groups in total. The maximum absolute atomic E-state index is 12.3. The van der Waals surface area contributed by atoms with Crippen LogP contribution in [0.3, 0.4) is 0 Å². The molecule has 2 aliphatic rings. The zero-order valence-electron chi connectivity index (χ0n) is 18.8. The van der Waals surface area contributed by atoms with E-state index in [-0.39, 0.29) is 42.8 Å². The van der Waals surface area contributed by atoms with Gasteiger partial charge >= 0.3 is 6.18 Å². The molecule has 0 aromatic heterocycles. The molecule has 0 spiro atoms. The molecule has 0 bridgehead atoms. The van der Waals surface area contributed by atoms with Crippen molar-refractivity contribution in [3.8, 4) is 0 Å². The van der Waals surface area contributed by atoms with Crippen LogP contribution in [-0.4, -0.2) is 56.1 Å². The lowest BCUT2D eigenvalue weighted by Gasteiger charge is -2.29. The average molecular weight is 627 g/mol. The number of halogens is 4. The van der Waals surface area contributed by atoms with Crippen LogP contribution >= 0.6 is 24.0 Å². The Bertz CT molecular complexity index is 1110. The summed E-state index contributed by atoms with van der Waals surface area (Å²) in [6, 6.07) is 11.1. The Morgan fingerprint density at radius 2 is 1.63 bits per heavy atom. The number of carbonyl (C=O) groups excluding carboxylic acids is 2. The summed E-state index contributed by atoms with van der Waals surface area (Å²) in [6.45, 7) is 2.92. The van der Waals surface area contributed by atoms with Crippen molar-refractivity contribution in [2.75, 3.05) is 26.2 Å². The second-order valence-electron chi connectivity index (χ2n) is 7.98. The van der Waals surface area contributed by atoms with Gasteiger partial charge in [0.25, 0.3) is 5.91 Å². The van der Waals surface area contributed by atoms with Gasteiger partial charge in [0.2, 0.25) is 16.4 Å². The predicted octanol–water partition coefficient (Wildman–Crippen LogP) is 4.13. The van der Waals surface area contributed by atoms with Crippen molar-refractivity contribution in [1.29, 1.82) is 0 Å². The zero-order valence-corrected chi connectivity index (χ0v) is 22.0. The number of likely N-dealkylation sites (tertiary alicyclic amines) is 1. The van der Waals surface area contributed by atoms with Gasteiger partial charge in [-0.1, -0.05) is 18.2 Å². The van der Waals surface area contributed by atoms with Crippen molar-refractivity contribution >= 4 is 46.3 Å². The molecule has 35 heavy (non-hydrogen) atoms. The molecule has 2 aromatic carbocycles. The molecule has 0 atom stereocenters. The van der Waals surface area contributed by atoms with E-state index in [2.05, 4.69) is 5.32 Å². The highest BCUT2D eigenvalue weighted by molar-refractivity contribution is 14.0. The second kappa shape index (κ2) is 12.7. The van der Waals surface area contributed by atoms with Crippen molar-refractivity contribution in [1.82, 2.24) is 14.5 Å². The maximum atomic E-state index is 12.3. The molecule has 194 valence electrons. The molecule has 0 aliphatic carbocycles. The summed E-state index contributed by atoms with van der Waals surface area (Å²) in [5.41, 5.74) is 0.408. The van der Waals surface area contributed by atoms with Crippen molar-refractivity contribution in [2.24, 2.45) is 0 Å². The summed E-state index contributed by atoms with van der Waals surface area (Å²) < 4.78 is 62.4. The molecule has 7 nitrogen and oxygen atoms in total.